The third-order valence-electron chi connectivity index (χ3n) is 6.88. The average Bonchev–Trinajstić information content (AvgIpc) is 3.63. The normalized spacial score (nSPS) is 14.5. The topological polar surface area (TPSA) is 102 Å². The van der Waals surface area contributed by atoms with E-state index in [-0.39, 0.29) is 23.3 Å². The number of thioether (sulfide) groups is 1. The highest BCUT2D eigenvalue weighted by molar-refractivity contribution is 8.15. The minimum absolute atomic E-state index is 0.107. The lowest BCUT2D eigenvalue weighted by Crippen LogP contribution is -2.32. The van der Waals surface area contributed by atoms with E-state index in [9.17, 15) is 22.8 Å². The molecule has 1 fully saturated rings. The number of carbonyl (C=O) groups excluding carboxylic acids is 2. The molecule has 2 heterocycles. The summed E-state index contributed by atoms with van der Waals surface area (Å²) in [6.45, 7) is 6.44. The van der Waals surface area contributed by atoms with E-state index < -0.39 is 12.4 Å². The van der Waals surface area contributed by atoms with Crippen LogP contribution in [-0.4, -0.2) is 50.5 Å². The monoisotopic (exact) mass is 648 g/mol. The standard InChI is InChI=1S/C33H31F3N6O3S/c1-21(2)27-15-10-22(3)17-28(27)42-29(43)19-46-32(42)39-31(44)37-16-5-4-7-23-8-6-9-24(18-23)30-38-20-41(40-30)25-11-13-26(14-12-25)45-33(34,35)36/h4,6-15,17-18,20-21H,5,16,19H2,1-3H3,(H,37,44)/b7-4+,39-32-. The molecule has 5 rings (SSSR count). The predicted octanol–water partition coefficient (Wildman–Crippen LogP) is 7.51. The summed E-state index contributed by atoms with van der Waals surface area (Å²) in [4.78, 5) is 35.5. The Morgan fingerprint density at radius 1 is 1.13 bits per heavy atom. The van der Waals surface area contributed by atoms with Crippen LogP contribution in [0.4, 0.5) is 23.7 Å². The number of benzene rings is 3. The number of urea groups is 1. The molecule has 0 atom stereocenters. The highest BCUT2D eigenvalue weighted by Crippen LogP contribution is 2.34. The van der Waals surface area contributed by atoms with Gasteiger partial charge in [-0.05, 0) is 72.4 Å². The molecule has 4 aromatic rings. The second-order valence-corrected chi connectivity index (χ2v) is 11.7. The van der Waals surface area contributed by atoms with Crippen molar-refractivity contribution in [1.29, 1.82) is 0 Å². The average molecular weight is 649 g/mol. The van der Waals surface area contributed by atoms with Gasteiger partial charge in [0.25, 0.3) is 0 Å². The van der Waals surface area contributed by atoms with Crippen molar-refractivity contribution in [3.05, 3.63) is 95.8 Å². The first-order valence-electron chi connectivity index (χ1n) is 14.4. The highest BCUT2D eigenvalue weighted by Gasteiger charge is 2.33. The molecule has 238 valence electrons. The van der Waals surface area contributed by atoms with E-state index in [0.717, 1.165) is 27.9 Å². The van der Waals surface area contributed by atoms with Crippen LogP contribution in [0.3, 0.4) is 0 Å². The number of carbonyl (C=O) groups is 2. The quantitative estimate of drug-likeness (QED) is 0.189. The number of alkyl halides is 3. The maximum atomic E-state index is 12.8. The third kappa shape index (κ3) is 8.21. The van der Waals surface area contributed by atoms with Crippen molar-refractivity contribution in [2.45, 2.75) is 39.5 Å². The molecule has 0 unspecified atom stereocenters. The number of rotatable bonds is 9. The van der Waals surface area contributed by atoms with Crippen molar-refractivity contribution in [3.63, 3.8) is 0 Å². The van der Waals surface area contributed by atoms with Crippen LogP contribution in [0.1, 0.15) is 42.9 Å². The Morgan fingerprint density at radius 2 is 1.91 bits per heavy atom. The number of aromatic nitrogens is 3. The van der Waals surface area contributed by atoms with Gasteiger partial charge in [0.05, 0.1) is 17.1 Å². The molecule has 1 aliphatic rings. The molecular formula is C33H31F3N6O3S. The van der Waals surface area contributed by atoms with E-state index in [2.05, 4.69) is 39.0 Å². The van der Waals surface area contributed by atoms with Crippen LogP contribution < -0.4 is 15.0 Å². The minimum atomic E-state index is -4.76. The first kappa shape index (κ1) is 32.5. The number of anilines is 1. The summed E-state index contributed by atoms with van der Waals surface area (Å²) in [6, 6.07) is 18.3. The Bertz CT molecular complexity index is 1780. The van der Waals surface area contributed by atoms with Gasteiger partial charge in [-0.3, -0.25) is 9.69 Å². The number of aliphatic imine (C=N–C) groups is 1. The Labute approximate surface area is 268 Å². The van der Waals surface area contributed by atoms with Gasteiger partial charge in [0.15, 0.2) is 11.0 Å². The lowest BCUT2D eigenvalue weighted by Gasteiger charge is -2.22. The molecule has 13 heteroatoms. The van der Waals surface area contributed by atoms with Crippen LogP contribution in [0.2, 0.25) is 0 Å². The van der Waals surface area contributed by atoms with Crippen LogP contribution in [0, 0.1) is 6.92 Å². The number of aryl methyl sites for hydroxylation is 1. The van der Waals surface area contributed by atoms with Gasteiger partial charge in [-0.25, -0.2) is 14.5 Å². The number of amidine groups is 1. The third-order valence-corrected chi connectivity index (χ3v) is 7.80. The van der Waals surface area contributed by atoms with Crippen molar-refractivity contribution < 1.29 is 27.5 Å². The van der Waals surface area contributed by atoms with Crippen molar-refractivity contribution in [2.75, 3.05) is 17.2 Å². The molecule has 0 bridgehead atoms. The zero-order valence-electron chi connectivity index (χ0n) is 25.3. The van der Waals surface area contributed by atoms with Gasteiger partial charge >= 0.3 is 12.4 Å². The number of amides is 3. The molecule has 0 saturated carbocycles. The molecule has 0 aliphatic carbocycles. The molecule has 1 aliphatic heterocycles. The SMILES string of the molecule is Cc1ccc(C(C)C)c(N2C(=O)CS/C2=N\C(=O)NCC/C=C/c2cccc(-c3ncn(-c4ccc(OC(F)(F)F)cc4)n3)c2)c1. The lowest BCUT2D eigenvalue weighted by atomic mass is 9.99. The van der Waals surface area contributed by atoms with Gasteiger partial charge in [0.2, 0.25) is 5.91 Å². The molecule has 0 radical (unpaired) electrons. The summed E-state index contributed by atoms with van der Waals surface area (Å²) in [5, 5.41) is 7.60. The number of hydrogen-bond donors (Lipinski definition) is 1. The van der Waals surface area contributed by atoms with E-state index in [4.69, 9.17) is 0 Å². The zero-order valence-corrected chi connectivity index (χ0v) is 26.1. The molecule has 1 saturated heterocycles. The Kier molecular flexibility index (Phi) is 9.90. The number of nitrogens with zero attached hydrogens (tertiary/aromatic N) is 5. The van der Waals surface area contributed by atoms with E-state index in [1.807, 2.05) is 61.5 Å². The van der Waals surface area contributed by atoms with Crippen molar-refractivity contribution in [1.82, 2.24) is 20.1 Å². The predicted molar refractivity (Wildman–Crippen MR) is 173 cm³/mol. The van der Waals surface area contributed by atoms with Crippen LogP contribution >= 0.6 is 11.8 Å². The molecule has 46 heavy (non-hydrogen) atoms. The van der Waals surface area contributed by atoms with Gasteiger partial charge in [0.1, 0.15) is 12.1 Å². The molecule has 1 aromatic heterocycles. The molecule has 1 N–H and O–H groups in total. The molecule has 0 spiro atoms. The van der Waals surface area contributed by atoms with Crippen molar-refractivity contribution in [3.8, 4) is 22.8 Å². The molecular weight excluding hydrogens is 617 g/mol. The lowest BCUT2D eigenvalue weighted by molar-refractivity contribution is -0.274. The summed E-state index contributed by atoms with van der Waals surface area (Å²) in [5.74, 6) is 0.438. The summed E-state index contributed by atoms with van der Waals surface area (Å²) in [6.07, 6.45) is 1.10. The summed E-state index contributed by atoms with van der Waals surface area (Å²) >= 11 is 1.25. The first-order chi connectivity index (χ1) is 22.0. The summed E-state index contributed by atoms with van der Waals surface area (Å²) in [7, 11) is 0. The van der Waals surface area contributed by atoms with Gasteiger partial charge in [-0.1, -0.05) is 68.1 Å². The van der Waals surface area contributed by atoms with Gasteiger partial charge < -0.3 is 10.1 Å². The molecule has 9 nitrogen and oxygen atoms in total. The van der Waals surface area contributed by atoms with Crippen molar-refractivity contribution in [2.24, 2.45) is 4.99 Å². The maximum absolute atomic E-state index is 12.8. The fourth-order valence-electron chi connectivity index (χ4n) is 4.73. The largest absolute Gasteiger partial charge is 0.573 e. The number of halogens is 3. The van der Waals surface area contributed by atoms with E-state index >= 15 is 0 Å². The van der Waals surface area contributed by atoms with E-state index in [0.29, 0.717) is 29.6 Å². The minimum Gasteiger partial charge on any atom is -0.406 e. The van der Waals surface area contributed by atoms with E-state index in [1.165, 1.54) is 47.0 Å². The fraction of sp³-hybridized carbons (Fsp3) is 0.242. The van der Waals surface area contributed by atoms with Gasteiger partial charge in [-0.15, -0.1) is 18.3 Å². The highest BCUT2D eigenvalue weighted by atomic mass is 32.2. The second kappa shape index (κ2) is 14.0. The molecule has 3 aromatic carbocycles. The second-order valence-electron chi connectivity index (χ2n) is 10.7. The van der Waals surface area contributed by atoms with E-state index in [1.54, 1.807) is 4.90 Å². The van der Waals surface area contributed by atoms with Gasteiger partial charge in [0, 0.05) is 12.1 Å². The van der Waals surface area contributed by atoms with Crippen molar-refractivity contribution >= 4 is 40.6 Å². The fourth-order valence-corrected chi connectivity index (χ4v) is 5.59. The zero-order chi connectivity index (χ0) is 32.8. The van der Waals surface area contributed by atoms with Crippen LogP contribution in [-0.2, 0) is 4.79 Å². The maximum Gasteiger partial charge on any atom is 0.573 e. The number of ether oxygens (including phenoxy) is 1. The smallest absolute Gasteiger partial charge is 0.406 e. The first-order valence-corrected chi connectivity index (χ1v) is 15.4. The molecule has 3 amide bonds. The summed E-state index contributed by atoms with van der Waals surface area (Å²) < 4.78 is 42.7. The van der Waals surface area contributed by atoms with Crippen LogP contribution in [0.25, 0.3) is 23.2 Å². The Hall–Kier alpha value is -4.91. The van der Waals surface area contributed by atoms with Crippen LogP contribution in [0.15, 0.2) is 84.1 Å². The van der Waals surface area contributed by atoms with Gasteiger partial charge in [-0.2, -0.15) is 4.99 Å². The Morgan fingerprint density at radius 3 is 2.65 bits per heavy atom. The number of nitrogens with one attached hydrogen (secondary N) is 1. The summed E-state index contributed by atoms with van der Waals surface area (Å²) in [5.41, 5.74) is 4.97. The number of hydrogen-bond acceptors (Lipinski definition) is 6. The Balaban J connectivity index is 1.16. The van der Waals surface area contributed by atoms with Crippen LogP contribution in [0.5, 0.6) is 5.75 Å².